The minimum Gasteiger partial charge on any atom is -0.503 e. The first-order valence-electron chi connectivity index (χ1n) is 5.77. The highest BCUT2D eigenvalue weighted by atomic mass is 79.9. The molecule has 1 heterocycles. The Bertz CT molecular complexity index is 677. The fourth-order valence-electron chi connectivity index (χ4n) is 1.46. The summed E-state index contributed by atoms with van der Waals surface area (Å²) in [5.74, 6) is -0.173. The molecule has 8 heteroatoms. The number of aromatic nitrogens is 2. The summed E-state index contributed by atoms with van der Waals surface area (Å²) in [6.45, 7) is 0. The molecule has 7 nitrogen and oxygen atoms in total. The smallest absolute Gasteiger partial charge is 0.291 e. The van der Waals surface area contributed by atoms with Crippen molar-refractivity contribution >= 4 is 28.1 Å². The van der Waals surface area contributed by atoms with Crippen molar-refractivity contribution in [2.24, 2.45) is 5.10 Å². The Kier molecular flexibility index (Phi) is 4.83. The van der Waals surface area contributed by atoms with Crippen LogP contribution in [0.2, 0.25) is 0 Å². The van der Waals surface area contributed by atoms with Crippen LogP contribution < -0.4 is 10.2 Å². The molecular weight excluding hydrogens is 340 g/mol. The van der Waals surface area contributed by atoms with Gasteiger partial charge in [0.25, 0.3) is 5.91 Å². The van der Waals surface area contributed by atoms with E-state index in [0.717, 1.165) is 0 Å². The number of benzene rings is 1. The molecule has 0 radical (unpaired) electrons. The fraction of sp³-hybridized carbons (Fsp3) is 0.0769. The van der Waals surface area contributed by atoms with Crippen LogP contribution in [0.1, 0.15) is 16.1 Å². The lowest BCUT2D eigenvalue weighted by Gasteiger charge is -2.06. The van der Waals surface area contributed by atoms with Crippen LogP contribution in [0.4, 0.5) is 0 Å². The average molecular weight is 351 g/mol. The Hall–Kier alpha value is -2.48. The maximum atomic E-state index is 11.7. The van der Waals surface area contributed by atoms with Gasteiger partial charge < -0.3 is 9.84 Å². The van der Waals surface area contributed by atoms with E-state index in [9.17, 15) is 9.90 Å². The Balaban J connectivity index is 2.08. The summed E-state index contributed by atoms with van der Waals surface area (Å²) >= 11 is 3.20. The minimum atomic E-state index is -0.468. The standard InChI is InChI=1S/C13H11BrN4O3/c1-21-11-5-8(4-9(14)12(11)19)6-17-18-13(20)10-7-15-2-3-16-10/h2-7,19H,1H3,(H,18,20). The van der Waals surface area contributed by atoms with Gasteiger partial charge in [0.2, 0.25) is 0 Å². The van der Waals surface area contributed by atoms with Gasteiger partial charge in [0.15, 0.2) is 11.5 Å². The van der Waals surface area contributed by atoms with Gasteiger partial charge in [0.1, 0.15) is 5.69 Å². The van der Waals surface area contributed by atoms with Crippen molar-refractivity contribution in [1.29, 1.82) is 0 Å². The summed E-state index contributed by atoms with van der Waals surface area (Å²) in [7, 11) is 1.44. The van der Waals surface area contributed by atoms with Gasteiger partial charge in [-0.1, -0.05) is 0 Å². The number of nitrogens with zero attached hydrogens (tertiary/aromatic N) is 3. The van der Waals surface area contributed by atoms with Crippen molar-refractivity contribution in [3.05, 3.63) is 46.5 Å². The molecule has 1 amide bonds. The van der Waals surface area contributed by atoms with Crippen LogP contribution in [0.5, 0.6) is 11.5 Å². The highest BCUT2D eigenvalue weighted by Crippen LogP contribution is 2.34. The zero-order chi connectivity index (χ0) is 15.2. The van der Waals surface area contributed by atoms with Crippen molar-refractivity contribution in [3.63, 3.8) is 0 Å². The predicted octanol–water partition coefficient (Wildman–Crippen LogP) is 1.72. The Morgan fingerprint density at radius 1 is 1.48 bits per heavy atom. The zero-order valence-electron chi connectivity index (χ0n) is 10.9. The van der Waals surface area contributed by atoms with Crippen LogP contribution in [0.25, 0.3) is 0 Å². The van der Waals surface area contributed by atoms with Gasteiger partial charge >= 0.3 is 0 Å². The van der Waals surface area contributed by atoms with Crippen molar-refractivity contribution in [3.8, 4) is 11.5 Å². The van der Waals surface area contributed by atoms with E-state index in [1.165, 1.54) is 31.9 Å². The van der Waals surface area contributed by atoms with Gasteiger partial charge in [-0.3, -0.25) is 9.78 Å². The first kappa shape index (κ1) is 14.9. The molecule has 0 saturated carbocycles. The second-order valence-electron chi connectivity index (χ2n) is 3.84. The number of amides is 1. The second-order valence-corrected chi connectivity index (χ2v) is 4.70. The normalized spacial score (nSPS) is 10.6. The molecular formula is C13H11BrN4O3. The average Bonchev–Trinajstić information content (AvgIpc) is 2.51. The number of methoxy groups -OCH3 is 1. The zero-order valence-corrected chi connectivity index (χ0v) is 12.5. The molecule has 0 saturated heterocycles. The lowest BCUT2D eigenvalue weighted by atomic mass is 10.2. The lowest BCUT2D eigenvalue weighted by molar-refractivity contribution is 0.0949. The number of carbonyl (C=O) groups excluding carboxylic acids is 1. The van der Waals surface area contributed by atoms with Crippen LogP contribution in [-0.4, -0.2) is 34.3 Å². The van der Waals surface area contributed by atoms with Crippen molar-refractivity contribution in [2.75, 3.05) is 7.11 Å². The van der Waals surface area contributed by atoms with E-state index in [2.05, 4.69) is 36.4 Å². The van der Waals surface area contributed by atoms with Crippen LogP contribution in [0.15, 0.2) is 40.3 Å². The maximum Gasteiger partial charge on any atom is 0.291 e. The van der Waals surface area contributed by atoms with E-state index in [1.807, 2.05) is 0 Å². The Labute approximate surface area is 128 Å². The number of nitrogens with one attached hydrogen (secondary N) is 1. The Morgan fingerprint density at radius 2 is 2.29 bits per heavy atom. The summed E-state index contributed by atoms with van der Waals surface area (Å²) in [4.78, 5) is 19.3. The summed E-state index contributed by atoms with van der Waals surface area (Å²) in [6.07, 6.45) is 5.65. The van der Waals surface area contributed by atoms with Crippen molar-refractivity contribution < 1.29 is 14.6 Å². The summed E-state index contributed by atoms with van der Waals surface area (Å²) in [6, 6.07) is 3.22. The highest BCUT2D eigenvalue weighted by Gasteiger charge is 2.08. The number of phenols is 1. The molecule has 2 N–H and O–H groups in total. The van der Waals surface area contributed by atoms with Crippen LogP contribution >= 0.6 is 15.9 Å². The molecule has 0 aliphatic carbocycles. The van der Waals surface area contributed by atoms with E-state index >= 15 is 0 Å². The molecule has 108 valence electrons. The van der Waals surface area contributed by atoms with Crippen LogP contribution in [-0.2, 0) is 0 Å². The molecule has 2 aromatic rings. The van der Waals surface area contributed by atoms with E-state index in [-0.39, 0.29) is 11.4 Å². The molecule has 0 unspecified atom stereocenters. The molecule has 21 heavy (non-hydrogen) atoms. The molecule has 0 spiro atoms. The van der Waals surface area contributed by atoms with Gasteiger partial charge in [-0.25, -0.2) is 10.4 Å². The molecule has 2 rings (SSSR count). The van der Waals surface area contributed by atoms with E-state index in [4.69, 9.17) is 4.74 Å². The van der Waals surface area contributed by atoms with Gasteiger partial charge in [-0.05, 0) is 33.6 Å². The number of rotatable bonds is 4. The number of carbonyl (C=O) groups is 1. The van der Waals surface area contributed by atoms with Gasteiger partial charge in [-0.2, -0.15) is 5.10 Å². The third-order valence-corrected chi connectivity index (χ3v) is 3.05. The number of aromatic hydroxyl groups is 1. The van der Waals surface area contributed by atoms with E-state index in [1.54, 1.807) is 12.1 Å². The summed E-state index contributed by atoms with van der Waals surface area (Å²) in [5.41, 5.74) is 3.13. The van der Waals surface area contributed by atoms with Gasteiger partial charge in [-0.15, -0.1) is 0 Å². The molecule has 0 atom stereocenters. The maximum absolute atomic E-state index is 11.7. The van der Waals surface area contributed by atoms with E-state index in [0.29, 0.717) is 15.8 Å². The summed E-state index contributed by atoms with van der Waals surface area (Å²) < 4.78 is 5.48. The fourth-order valence-corrected chi connectivity index (χ4v) is 1.92. The molecule has 0 bridgehead atoms. The Morgan fingerprint density at radius 3 is 2.95 bits per heavy atom. The topological polar surface area (TPSA) is 96.7 Å². The van der Waals surface area contributed by atoms with Crippen molar-refractivity contribution in [1.82, 2.24) is 15.4 Å². The third-order valence-electron chi connectivity index (χ3n) is 2.45. The van der Waals surface area contributed by atoms with Gasteiger partial charge in [0.05, 0.1) is 24.0 Å². The number of hydrogen-bond donors (Lipinski definition) is 2. The quantitative estimate of drug-likeness (QED) is 0.646. The van der Waals surface area contributed by atoms with E-state index < -0.39 is 5.91 Å². The number of phenolic OH excluding ortho intramolecular Hbond substituents is 1. The minimum absolute atomic E-state index is 0.00162. The molecule has 1 aromatic heterocycles. The lowest BCUT2D eigenvalue weighted by Crippen LogP contribution is -2.19. The largest absolute Gasteiger partial charge is 0.503 e. The number of hydrogen-bond acceptors (Lipinski definition) is 6. The number of halogens is 1. The predicted molar refractivity (Wildman–Crippen MR) is 79.5 cm³/mol. The second kappa shape index (κ2) is 6.80. The summed E-state index contributed by atoms with van der Waals surface area (Å²) in [5, 5.41) is 13.5. The molecule has 0 fully saturated rings. The van der Waals surface area contributed by atoms with Crippen LogP contribution in [0, 0.1) is 0 Å². The SMILES string of the molecule is COc1cc(C=NNC(=O)c2cnccn2)cc(Br)c1O. The monoisotopic (exact) mass is 350 g/mol. The number of hydrazone groups is 1. The molecule has 1 aromatic carbocycles. The van der Waals surface area contributed by atoms with Crippen LogP contribution in [0.3, 0.4) is 0 Å². The van der Waals surface area contributed by atoms with Crippen molar-refractivity contribution in [2.45, 2.75) is 0 Å². The first-order chi connectivity index (χ1) is 10.1. The van der Waals surface area contributed by atoms with Gasteiger partial charge in [0, 0.05) is 12.4 Å². The highest BCUT2D eigenvalue weighted by molar-refractivity contribution is 9.10. The number of ether oxygens (including phenoxy) is 1. The molecule has 0 aliphatic heterocycles. The first-order valence-corrected chi connectivity index (χ1v) is 6.57. The molecule has 0 aliphatic rings. The third kappa shape index (κ3) is 3.76.